The maximum atomic E-state index is 11.9. The Hall–Kier alpha value is -3.46. The lowest BCUT2D eigenvalue weighted by Crippen LogP contribution is -2.34. The molecule has 0 bridgehead atoms. The van der Waals surface area contributed by atoms with Gasteiger partial charge in [0.15, 0.2) is 0 Å². The van der Waals surface area contributed by atoms with Gasteiger partial charge in [0.05, 0.1) is 23.2 Å². The third kappa shape index (κ3) is 6.26. The summed E-state index contributed by atoms with van der Waals surface area (Å²) < 4.78 is 0. The van der Waals surface area contributed by atoms with Crippen LogP contribution in [-0.4, -0.2) is 35.9 Å². The molecule has 0 aliphatic heterocycles. The van der Waals surface area contributed by atoms with Crippen LogP contribution in [0.5, 0.6) is 0 Å². The molecule has 2 aromatic rings. The molecule has 1 fully saturated rings. The molecular weight excluding hydrogens is 392 g/mol. The van der Waals surface area contributed by atoms with Gasteiger partial charge >= 0.3 is 0 Å². The maximum Gasteiger partial charge on any atom is 0.252 e. The number of nitrogens with zero attached hydrogens (tertiary/aromatic N) is 2. The number of rotatable bonds is 10. The van der Waals surface area contributed by atoms with Gasteiger partial charge in [-0.05, 0) is 49.9 Å². The number of pyridine rings is 1. The van der Waals surface area contributed by atoms with Crippen molar-refractivity contribution in [2.24, 2.45) is 22.5 Å². The maximum absolute atomic E-state index is 11.9. The summed E-state index contributed by atoms with van der Waals surface area (Å²) in [7, 11) is 0. The first kappa shape index (κ1) is 22.2. The first-order chi connectivity index (χ1) is 15.1. The molecule has 0 unspecified atom stereocenters. The average Bonchev–Trinajstić information content (AvgIpc) is 2.76. The van der Waals surface area contributed by atoms with E-state index in [-0.39, 0.29) is 0 Å². The summed E-state index contributed by atoms with van der Waals surface area (Å²) in [5.74, 6) is 0.674. The Morgan fingerprint density at radius 1 is 1.26 bits per heavy atom. The molecular formula is C22H30N8O. The minimum atomic E-state index is -0.551. The number of carbonyl (C=O) groups excluding carboxylic acids is 1. The molecule has 1 saturated carbocycles. The van der Waals surface area contributed by atoms with Crippen LogP contribution >= 0.6 is 0 Å². The fourth-order valence-corrected chi connectivity index (χ4v) is 3.95. The van der Waals surface area contributed by atoms with Gasteiger partial charge in [-0.1, -0.05) is 18.9 Å². The van der Waals surface area contributed by atoms with Gasteiger partial charge in [0, 0.05) is 30.2 Å². The topological polar surface area (TPSA) is 154 Å². The van der Waals surface area contributed by atoms with E-state index in [0.717, 1.165) is 30.4 Å². The molecule has 0 saturated heterocycles. The standard InChI is InChI=1S/C22H30N8O/c23-9-8-15-4-1-2-7-19(15)29-21-13-20(18(14-26-21)22(25)31)28-16-5-3-6-17(12-16)30-27-11-10-24/h3,5-6,10-15,19,24,30H,1-2,4,7-9,23H2,(H2,25,31)(H2,26,28,29)/b24-10?,27-11-/t15-,19-/m1/s1. The largest absolute Gasteiger partial charge is 0.367 e. The van der Waals surface area contributed by atoms with E-state index in [9.17, 15) is 4.79 Å². The highest BCUT2D eigenvalue weighted by Crippen LogP contribution is 2.30. The molecule has 1 aliphatic rings. The lowest BCUT2D eigenvalue weighted by Gasteiger charge is -2.32. The van der Waals surface area contributed by atoms with E-state index in [2.05, 4.69) is 26.1 Å². The van der Waals surface area contributed by atoms with E-state index in [1.165, 1.54) is 31.7 Å². The molecule has 3 rings (SSSR count). The molecule has 1 aromatic carbocycles. The SMILES string of the molecule is N=C/C=N\Nc1cccc(Nc2cc(N[C@@H]3CCCC[C@@H]3CCN)ncc2C(N)=O)c1. The Balaban J connectivity index is 1.80. The number of nitrogens with two attached hydrogens (primary N) is 2. The molecule has 1 heterocycles. The Labute approximate surface area is 182 Å². The molecule has 9 nitrogen and oxygen atoms in total. The lowest BCUT2D eigenvalue weighted by molar-refractivity contribution is 0.100. The first-order valence-electron chi connectivity index (χ1n) is 10.5. The molecule has 1 amide bonds. The van der Waals surface area contributed by atoms with E-state index >= 15 is 0 Å². The normalized spacial score (nSPS) is 18.5. The molecule has 0 radical (unpaired) electrons. The quantitative estimate of drug-likeness (QED) is 0.255. The number of hydrazone groups is 1. The molecule has 31 heavy (non-hydrogen) atoms. The summed E-state index contributed by atoms with van der Waals surface area (Å²) in [4.78, 5) is 16.4. The van der Waals surface area contributed by atoms with E-state index in [0.29, 0.717) is 35.6 Å². The van der Waals surface area contributed by atoms with Gasteiger partial charge in [-0.25, -0.2) is 4.98 Å². The average molecular weight is 423 g/mol. The van der Waals surface area contributed by atoms with Crippen LogP contribution in [0.2, 0.25) is 0 Å². The van der Waals surface area contributed by atoms with Crippen molar-refractivity contribution < 1.29 is 4.79 Å². The van der Waals surface area contributed by atoms with Crippen molar-refractivity contribution >= 4 is 41.2 Å². The second kappa shape index (κ2) is 11.1. The zero-order valence-corrected chi connectivity index (χ0v) is 17.5. The van der Waals surface area contributed by atoms with Gasteiger partial charge in [0.25, 0.3) is 5.91 Å². The Kier molecular flexibility index (Phi) is 7.94. The van der Waals surface area contributed by atoms with E-state index in [1.807, 2.05) is 30.3 Å². The van der Waals surface area contributed by atoms with Crippen LogP contribution in [0.15, 0.2) is 41.6 Å². The predicted octanol–water partition coefficient (Wildman–Crippen LogP) is 3.29. The van der Waals surface area contributed by atoms with Crippen molar-refractivity contribution in [1.29, 1.82) is 5.41 Å². The molecule has 8 N–H and O–H groups in total. The van der Waals surface area contributed by atoms with Crippen molar-refractivity contribution in [3.05, 3.63) is 42.1 Å². The van der Waals surface area contributed by atoms with Crippen LogP contribution in [0.4, 0.5) is 22.9 Å². The lowest BCUT2D eigenvalue weighted by atomic mass is 9.82. The summed E-state index contributed by atoms with van der Waals surface area (Å²) in [5, 5.41) is 17.7. The van der Waals surface area contributed by atoms with E-state index in [1.54, 1.807) is 0 Å². The molecule has 2 atom stereocenters. The number of hydrogen-bond acceptors (Lipinski definition) is 8. The van der Waals surface area contributed by atoms with Crippen molar-refractivity contribution in [2.75, 3.05) is 22.6 Å². The third-order valence-electron chi connectivity index (χ3n) is 5.43. The molecule has 0 spiro atoms. The predicted molar refractivity (Wildman–Crippen MR) is 126 cm³/mol. The molecule has 164 valence electrons. The van der Waals surface area contributed by atoms with Crippen molar-refractivity contribution in [3.63, 3.8) is 0 Å². The molecule has 1 aliphatic carbocycles. The minimum Gasteiger partial charge on any atom is -0.367 e. The smallest absolute Gasteiger partial charge is 0.252 e. The van der Waals surface area contributed by atoms with Gasteiger partial charge in [0.2, 0.25) is 0 Å². The summed E-state index contributed by atoms with van der Waals surface area (Å²) in [6, 6.07) is 9.56. The van der Waals surface area contributed by atoms with Gasteiger partial charge in [-0.15, -0.1) is 0 Å². The first-order valence-corrected chi connectivity index (χ1v) is 10.5. The zero-order valence-electron chi connectivity index (χ0n) is 17.5. The van der Waals surface area contributed by atoms with E-state index < -0.39 is 5.91 Å². The number of benzene rings is 1. The third-order valence-corrected chi connectivity index (χ3v) is 5.43. The van der Waals surface area contributed by atoms with Gasteiger partial charge in [0.1, 0.15) is 5.82 Å². The van der Waals surface area contributed by atoms with Crippen LogP contribution in [0.25, 0.3) is 0 Å². The van der Waals surface area contributed by atoms with E-state index in [4.69, 9.17) is 16.9 Å². The van der Waals surface area contributed by atoms with Gasteiger partial charge in [-0.2, -0.15) is 5.10 Å². The Morgan fingerprint density at radius 2 is 2.06 bits per heavy atom. The second-order valence-electron chi connectivity index (χ2n) is 7.61. The summed E-state index contributed by atoms with van der Waals surface area (Å²) in [6.07, 6.45) is 9.59. The summed E-state index contributed by atoms with van der Waals surface area (Å²) >= 11 is 0. The monoisotopic (exact) mass is 422 g/mol. The van der Waals surface area contributed by atoms with Crippen LogP contribution in [-0.2, 0) is 0 Å². The fraction of sp³-hybridized carbons (Fsp3) is 0.364. The van der Waals surface area contributed by atoms with Crippen LogP contribution in [0.3, 0.4) is 0 Å². The second-order valence-corrected chi connectivity index (χ2v) is 7.61. The number of hydrogen-bond donors (Lipinski definition) is 6. The Bertz CT molecular complexity index is 927. The van der Waals surface area contributed by atoms with Crippen LogP contribution in [0.1, 0.15) is 42.5 Å². The van der Waals surface area contributed by atoms with Crippen molar-refractivity contribution in [1.82, 2.24) is 4.98 Å². The highest BCUT2D eigenvalue weighted by atomic mass is 16.1. The zero-order chi connectivity index (χ0) is 22.1. The fourth-order valence-electron chi connectivity index (χ4n) is 3.95. The summed E-state index contributed by atoms with van der Waals surface area (Å²) in [5.41, 5.74) is 16.6. The number of nitrogens with one attached hydrogen (secondary N) is 4. The summed E-state index contributed by atoms with van der Waals surface area (Å²) in [6.45, 7) is 0.679. The number of amides is 1. The van der Waals surface area contributed by atoms with Gasteiger partial charge < -0.3 is 27.5 Å². The van der Waals surface area contributed by atoms with Crippen LogP contribution < -0.4 is 27.5 Å². The number of primary amides is 1. The number of carbonyl (C=O) groups is 1. The van der Waals surface area contributed by atoms with Crippen LogP contribution in [0, 0.1) is 11.3 Å². The highest BCUT2D eigenvalue weighted by molar-refractivity contribution is 6.14. The number of aromatic nitrogens is 1. The minimum absolute atomic E-state index is 0.313. The molecule has 1 aromatic heterocycles. The molecule has 9 heteroatoms. The van der Waals surface area contributed by atoms with Crippen molar-refractivity contribution in [3.8, 4) is 0 Å². The highest BCUT2D eigenvalue weighted by Gasteiger charge is 2.25. The van der Waals surface area contributed by atoms with Crippen molar-refractivity contribution in [2.45, 2.75) is 38.1 Å². The Morgan fingerprint density at radius 3 is 2.84 bits per heavy atom. The van der Waals surface area contributed by atoms with Gasteiger partial charge in [-0.3, -0.25) is 10.2 Å². The number of anilines is 4.